The van der Waals surface area contributed by atoms with Crippen LogP contribution in [0.2, 0.25) is 0 Å². The highest BCUT2D eigenvalue weighted by molar-refractivity contribution is 5.87. The summed E-state index contributed by atoms with van der Waals surface area (Å²) in [5, 5.41) is 4.57. The fraction of sp³-hybridized carbons (Fsp3) is 0.200. The SMILES string of the molecule is CC(=O)Oc1c(F)ccc2nn(C)cc12. The first kappa shape index (κ1) is 9.64. The molecule has 0 saturated carbocycles. The Morgan fingerprint density at radius 1 is 1.53 bits per heavy atom. The molecular formula is C10H9FN2O2. The normalized spacial score (nSPS) is 10.6. The minimum Gasteiger partial charge on any atom is -0.423 e. The van der Waals surface area contributed by atoms with Gasteiger partial charge >= 0.3 is 5.97 Å². The fourth-order valence-electron chi connectivity index (χ4n) is 1.41. The largest absolute Gasteiger partial charge is 0.423 e. The first-order chi connectivity index (χ1) is 7.08. The Bertz CT molecular complexity index is 533. The Morgan fingerprint density at radius 2 is 2.27 bits per heavy atom. The molecule has 1 heterocycles. The van der Waals surface area contributed by atoms with Crippen LogP contribution >= 0.6 is 0 Å². The minimum absolute atomic E-state index is 0.0619. The Hall–Kier alpha value is -1.91. The van der Waals surface area contributed by atoms with Crippen LogP contribution in [-0.2, 0) is 11.8 Å². The lowest BCUT2D eigenvalue weighted by Gasteiger charge is -2.02. The van der Waals surface area contributed by atoms with E-state index in [1.54, 1.807) is 13.2 Å². The first-order valence-electron chi connectivity index (χ1n) is 4.38. The van der Waals surface area contributed by atoms with Crippen molar-refractivity contribution in [2.75, 3.05) is 0 Å². The van der Waals surface area contributed by atoms with Crippen LogP contribution in [0.25, 0.3) is 10.9 Å². The molecule has 1 aromatic heterocycles. The zero-order chi connectivity index (χ0) is 11.0. The van der Waals surface area contributed by atoms with Gasteiger partial charge in [-0.25, -0.2) is 4.39 Å². The van der Waals surface area contributed by atoms with Gasteiger partial charge in [-0.05, 0) is 12.1 Å². The molecule has 2 aromatic rings. The topological polar surface area (TPSA) is 44.1 Å². The van der Waals surface area contributed by atoms with Crippen molar-refractivity contribution in [3.8, 4) is 5.75 Å². The number of fused-ring (bicyclic) bond motifs is 1. The maximum absolute atomic E-state index is 13.4. The number of ether oxygens (including phenoxy) is 1. The summed E-state index contributed by atoms with van der Waals surface area (Å²) in [4.78, 5) is 10.8. The van der Waals surface area contributed by atoms with E-state index in [4.69, 9.17) is 4.74 Å². The molecule has 4 nitrogen and oxygen atoms in total. The third kappa shape index (κ3) is 1.68. The van der Waals surface area contributed by atoms with Gasteiger partial charge in [-0.3, -0.25) is 9.48 Å². The highest BCUT2D eigenvalue weighted by Crippen LogP contribution is 2.27. The van der Waals surface area contributed by atoms with Crippen molar-refractivity contribution in [3.05, 3.63) is 24.1 Å². The van der Waals surface area contributed by atoms with Crippen LogP contribution in [0.4, 0.5) is 4.39 Å². The molecule has 5 heteroatoms. The Morgan fingerprint density at radius 3 is 2.93 bits per heavy atom. The molecule has 0 saturated heterocycles. The summed E-state index contributed by atoms with van der Waals surface area (Å²) in [6, 6.07) is 2.77. The van der Waals surface area contributed by atoms with Gasteiger partial charge in [-0.15, -0.1) is 0 Å². The number of nitrogens with zero attached hydrogens (tertiary/aromatic N) is 2. The van der Waals surface area contributed by atoms with Crippen molar-refractivity contribution in [1.82, 2.24) is 9.78 Å². The van der Waals surface area contributed by atoms with E-state index in [1.165, 1.54) is 23.7 Å². The minimum atomic E-state index is -0.564. The van der Waals surface area contributed by atoms with E-state index in [2.05, 4.69) is 5.10 Å². The number of rotatable bonds is 1. The number of hydrogen-bond donors (Lipinski definition) is 0. The summed E-state index contributed by atoms with van der Waals surface area (Å²) in [5.74, 6) is -1.18. The summed E-state index contributed by atoms with van der Waals surface area (Å²) in [6.07, 6.45) is 1.61. The number of aryl methyl sites for hydroxylation is 1. The highest BCUT2D eigenvalue weighted by Gasteiger charge is 2.13. The molecule has 0 fully saturated rings. The third-order valence-electron chi connectivity index (χ3n) is 1.95. The molecule has 0 aliphatic heterocycles. The summed E-state index contributed by atoms with van der Waals surface area (Å²) in [5.41, 5.74) is 0.593. The van der Waals surface area contributed by atoms with E-state index >= 15 is 0 Å². The van der Waals surface area contributed by atoms with Crippen LogP contribution in [0.3, 0.4) is 0 Å². The van der Waals surface area contributed by atoms with E-state index in [0.29, 0.717) is 10.9 Å². The number of carbonyl (C=O) groups is 1. The van der Waals surface area contributed by atoms with Crippen molar-refractivity contribution in [2.45, 2.75) is 6.92 Å². The first-order valence-corrected chi connectivity index (χ1v) is 4.38. The fourth-order valence-corrected chi connectivity index (χ4v) is 1.41. The molecule has 0 atom stereocenters. The molecular weight excluding hydrogens is 199 g/mol. The molecule has 0 bridgehead atoms. The zero-order valence-corrected chi connectivity index (χ0v) is 8.32. The maximum atomic E-state index is 13.4. The van der Waals surface area contributed by atoms with E-state index in [-0.39, 0.29) is 5.75 Å². The van der Waals surface area contributed by atoms with E-state index < -0.39 is 11.8 Å². The van der Waals surface area contributed by atoms with E-state index in [1.807, 2.05) is 0 Å². The maximum Gasteiger partial charge on any atom is 0.308 e. The van der Waals surface area contributed by atoms with Crippen LogP contribution in [0, 0.1) is 5.82 Å². The number of aromatic nitrogens is 2. The second kappa shape index (κ2) is 3.34. The highest BCUT2D eigenvalue weighted by atomic mass is 19.1. The van der Waals surface area contributed by atoms with Crippen molar-refractivity contribution in [3.63, 3.8) is 0 Å². The van der Waals surface area contributed by atoms with Gasteiger partial charge in [0.05, 0.1) is 10.9 Å². The molecule has 0 unspecified atom stereocenters. The summed E-state index contributed by atoms with van der Waals surface area (Å²) in [6.45, 7) is 1.23. The van der Waals surface area contributed by atoms with Gasteiger partial charge in [-0.2, -0.15) is 5.10 Å². The van der Waals surface area contributed by atoms with Crippen LogP contribution in [-0.4, -0.2) is 15.7 Å². The summed E-state index contributed by atoms with van der Waals surface area (Å²) in [7, 11) is 1.72. The molecule has 0 amide bonds. The Labute approximate surface area is 85.3 Å². The van der Waals surface area contributed by atoms with Crippen LogP contribution < -0.4 is 4.74 Å². The molecule has 0 aliphatic rings. The lowest BCUT2D eigenvalue weighted by molar-refractivity contribution is -0.132. The number of benzene rings is 1. The molecule has 1 aromatic carbocycles. The number of carbonyl (C=O) groups excluding carboxylic acids is 1. The van der Waals surface area contributed by atoms with Crippen molar-refractivity contribution >= 4 is 16.9 Å². The molecule has 78 valence electrons. The third-order valence-corrected chi connectivity index (χ3v) is 1.95. The average Bonchev–Trinajstić information content (AvgIpc) is 2.51. The molecule has 0 radical (unpaired) electrons. The quantitative estimate of drug-likeness (QED) is 0.528. The number of halogens is 1. The van der Waals surface area contributed by atoms with Gasteiger partial charge in [0.2, 0.25) is 0 Å². The van der Waals surface area contributed by atoms with Gasteiger partial charge in [0, 0.05) is 20.2 Å². The van der Waals surface area contributed by atoms with Gasteiger partial charge in [0.1, 0.15) is 0 Å². The standard InChI is InChI=1S/C10H9FN2O2/c1-6(14)15-10-7-5-13(2)12-9(7)4-3-8(10)11/h3-5H,1-2H3. The Kier molecular flexibility index (Phi) is 2.15. The molecule has 0 N–H and O–H groups in total. The molecule has 2 rings (SSSR count). The van der Waals surface area contributed by atoms with Crippen molar-refractivity contribution < 1.29 is 13.9 Å². The second-order valence-electron chi connectivity index (χ2n) is 3.21. The smallest absolute Gasteiger partial charge is 0.308 e. The lowest BCUT2D eigenvalue weighted by Crippen LogP contribution is -2.03. The lowest BCUT2D eigenvalue weighted by atomic mass is 10.2. The van der Waals surface area contributed by atoms with Gasteiger partial charge < -0.3 is 4.74 Å². The van der Waals surface area contributed by atoms with Crippen LogP contribution in [0.15, 0.2) is 18.3 Å². The zero-order valence-electron chi connectivity index (χ0n) is 8.32. The monoisotopic (exact) mass is 208 g/mol. The molecule has 0 aliphatic carbocycles. The molecule has 0 spiro atoms. The summed E-state index contributed by atoms with van der Waals surface area (Å²) >= 11 is 0. The summed E-state index contributed by atoms with van der Waals surface area (Å²) < 4.78 is 19.7. The van der Waals surface area contributed by atoms with Crippen molar-refractivity contribution in [2.24, 2.45) is 7.05 Å². The number of esters is 1. The predicted molar refractivity (Wildman–Crippen MR) is 52.0 cm³/mol. The van der Waals surface area contributed by atoms with Crippen molar-refractivity contribution in [1.29, 1.82) is 0 Å². The number of hydrogen-bond acceptors (Lipinski definition) is 3. The predicted octanol–water partition coefficient (Wildman–Crippen LogP) is 1.64. The second-order valence-corrected chi connectivity index (χ2v) is 3.21. The van der Waals surface area contributed by atoms with Gasteiger partial charge in [0.25, 0.3) is 0 Å². The molecule has 15 heavy (non-hydrogen) atoms. The van der Waals surface area contributed by atoms with Crippen LogP contribution in [0.5, 0.6) is 5.75 Å². The van der Waals surface area contributed by atoms with Crippen LogP contribution in [0.1, 0.15) is 6.92 Å². The Balaban J connectivity index is 2.67. The van der Waals surface area contributed by atoms with E-state index in [9.17, 15) is 9.18 Å². The average molecular weight is 208 g/mol. The van der Waals surface area contributed by atoms with Gasteiger partial charge in [-0.1, -0.05) is 0 Å². The van der Waals surface area contributed by atoms with Gasteiger partial charge in [0.15, 0.2) is 11.6 Å². The van der Waals surface area contributed by atoms with E-state index in [0.717, 1.165) is 0 Å².